The van der Waals surface area contributed by atoms with E-state index in [-0.39, 0.29) is 5.82 Å². The van der Waals surface area contributed by atoms with Crippen LogP contribution in [0.1, 0.15) is 5.56 Å². The van der Waals surface area contributed by atoms with E-state index in [1.54, 1.807) is 44.4 Å². The molecule has 1 heterocycles. The second-order valence-corrected chi connectivity index (χ2v) is 5.04. The minimum Gasteiger partial charge on any atom is -0.497 e. The molecule has 3 rings (SSSR count). The van der Waals surface area contributed by atoms with Gasteiger partial charge in [-0.05, 0) is 36.8 Å². The fraction of sp³-hybridized carbons (Fsp3) is 0.125. The third-order valence-electron chi connectivity index (χ3n) is 3.29. The first-order chi connectivity index (χ1) is 10.1. The smallest absolute Gasteiger partial charge is 0.161 e. The molecule has 1 aromatic heterocycles. The van der Waals surface area contributed by atoms with E-state index in [1.165, 1.54) is 6.07 Å². The van der Waals surface area contributed by atoms with Crippen molar-refractivity contribution in [2.24, 2.45) is 0 Å². The fourth-order valence-electron chi connectivity index (χ4n) is 2.06. The number of hydrogen-bond donors (Lipinski definition) is 0. The molecule has 3 nitrogen and oxygen atoms in total. The summed E-state index contributed by atoms with van der Waals surface area (Å²) in [5.41, 5.74) is 1.86. The van der Waals surface area contributed by atoms with E-state index < -0.39 is 0 Å². The number of fused-ring (bicyclic) bond motifs is 1. The summed E-state index contributed by atoms with van der Waals surface area (Å²) in [6, 6.07) is 10.3. The Labute approximate surface area is 126 Å². The van der Waals surface area contributed by atoms with Crippen molar-refractivity contribution in [3.05, 3.63) is 52.9 Å². The molecule has 0 fully saturated rings. The molecule has 3 aromatic rings. The highest BCUT2D eigenvalue weighted by Gasteiger charge is 2.10. The maximum Gasteiger partial charge on any atom is 0.161 e. The lowest BCUT2D eigenvalue weighted by molar-refractivity contribution is 0.415. The van der Waals surface area contributed by atoms with E-state index in [9.17, 15) is 4.39 Å². The summed E-state index contributed by atoms with van der Waals surface area (Å²) < 4.78 is 18.8. The Kier molecular flexibility index (Phi) is 3.47. The summed E-state index contributed by atoms with van der Waals surface area (Å²) in [5.74, 6) is 0.792. The molecule has 0 saturated heterocycles. The SMILES string of the molecule is COc1ccc2nc(-c3ccc(C)c(F)c3)nc(Cl)c2c1. The van der Waals surface area contributed by atoms with Gasteiger partial charge in [0.05, 0.1) is 12.6 Å². The van der Waals surface area contributed by atoms with Crippen molar-refractivity contribution in [1.82, 2.24) is 9.97 Å². The summed E-state index contributed by atoms with van der Waals surface area (Å²) in [6.45, 7) is 1.71. The highest BCUT2D eigenvalue weighted by atomic mass is 35.5. The zero-order valence-electron chi connectivity index (χ0n) is 11.5. The van der Waals surface area contributed by atoms with Crippen LogP contribution in [0.4, 0.5) is 4.39 Å². The zero-order valence-corrected chi connectivity index (χ0v) is 12.3. The van der Waals surface area contributed by atoms with Crippen molar-refractivity contribution < 1.29 is 9.13 Å². The molecule has 0 bridgehead atoms. The number of methoxy groups -OCH3 is 1. The van der Waals surface area contributed by atoms with Gasteiger partial charge in [0.1, 0.15) is 16.7 Å². The van der Waals surface area contributed by atoms with E-state index in [2.05, 4.69) is 9.97 Å². The molecule has 0 aliphatic heterocycles. The van der Waals surface area contributed by atoms with E-state index >= 15 is 0 Å². The fourth-order valence-corrected chi connectivity index (χ4v) is 2.29. The quantitative estimate of drug-likeness (QED) is 0.658. The minimum absolute atomic E-state index is 0.290. The predicted molar refractivity (Wildman–Crippen MR) is 81.2 cm³/mol. The van der Waals surface area contributed by atoms with Gasteiger partial charge >= 0.3 is 0 Å². The van der Waals surface area contributed by atoms with Crippen LogP contribution in [0.5, 0.6) is 5.75 Å². The molecule has 0 amide bonds. The molecular weight excluding hydrogens is 291 g/mol. The van der Waals surface area contributed by atoms with Gasteiger partial charge in [0.25, 0.3) is 0 Å². The van der Waals surface area contributed by atoms with E-state index in [0.29, 0.717) is 38.8 Å². The van der Waals surface area contributed by atoms with Crippen molar-refractivity contribution in [2.45, 2.75) is 6.92 Å². The van der Waals surface area contributed by atoms with Crippen LogP contribution in [0.2, 0.25) is 5.15 Å². The largest absolute Gasteiger partial charge is 0.497 e. The number of ether oxygens (including phenoxy) is 1. The first-order valence-corrected chi connectivity index (χ1v) is 6.74. The van der Waals surface area contributed by atoms with Crippen LogP contribution in [-0.2, 0) is 0 Å². The summed E-state index contributed by atoms with van der Waals surface area (Å²) in [5, 5.41) is 1.02. The Morgan fingerprint density at radius 3 is 2.62 bits per heavy atom. The van der Waals surface area contributed by atoms with E-state index in [1.807, 2.05) is 0 Å². The van der Waals surface area contributed by atoms with Crippen LogP contribution < -0.4 is 4.74 Å². The average Bonchev–Trinajstić information content (AvgIpc) is 2.49. The molecule has 0 radical (unpaired) electrons. The summed E-state index contributed by atoms with van der Waals surface area (Å²) in [4.78, 5) is 8.68. The second-order valence-electron chi connectivity index (χ2n) is 4.69. The summed E-state index contributed by atoms with van der Waals surface area (Å²) in [7, 11) is 1.58. The lowest BCUT2D eigenvalue weighted by Crippen LogP contribution is -1.94. The molecule has 5 heteroatoms. The van der Waals surface area contributed by atoms with Gasteiger partial charge in [-0.15, -0.1) is 0 Å². The first kappa shape index (κ1) is 13.8. The molecule has 106 valence electrons. The number of aryl methyl sites for hydroxylation is 1. The van der Waals surface area contributed by atoms with Crippen LogP contribution in [0, 0.1) is 12.7 Å². The molecule has 0 N–H and O–H groups in total. The summed E-state index contributed by atoms with van der Waals surface area (Å²) in [6.07, 6.45) is 0. The Hall–Kier alpha value is -2.20. The van der Waals surface area contributed by atoms with Gasteiger partial charge < -0.3 is 4.74 Å². The minimum atomic E-state index is -0.290. The number of nitrogens with zero attached hydrogens (tertiary/aromatic N) is 2. The van der Waals surface area contributed by atoms with Crippen LogP contribution in [0.25, 0.3) is 22.3 Å². The Bertz CT molecular complexity index is 836. The maximum absolute atomic E-state index is 13.7. The van der Waals surface area contributed by atoms with Crippen LogP contribution in [-0.4, -0.2) is 17.1 Å². The number of hydrogen-bond acceptors (Lipinski definition) is 3. The Morgan fingerprint density at radius 1 is 1.10 bits per heavy atom. The van der Waals surface area contributed by atoms with Crippen LogP contribution >= 0.6 is 11.6 Å². The lowest BCUT2D eigenvalue weighted by atomic mass is 10.1. The molecule has 0 spiro atoms. The highest BCUT2D eigenvalue weighted by Crippen LogP contribution is 2.28. The molecule has 0 unspecified atom stereocenters. The molecule has 21 heavy (non-hydrogen) atoms. The molecule has 0 aliphatic rings. The number of benzene rings is 2. The van der Waals surface area contributed by atoms with Gasteiger partial charge in [0.15, 0.2) is 5.82 Å². The summed E-state index contributed by atoms with van der Waals surface area (Å²) >= 11 is 6.21. The molecule has 0 saturated carbocycles. The third kappa shape index (κ3) is 2.54. The van der Waals surface area contributed by atoms with Gasteiger partial charge in [0, 0.05) is 10.9 Å². The van der Waals surface area contributed by atoms with Crippen molar-refractivity contribution in [3.63, 3.8) is 0 Å². The van der Waals surface area contributed by atoms with Crippen LogP contribution in [0.3, 0.4) is 0 Å². The lowest BCUT2D eigenvalue weighted by Gasteiger charge is -2.07. The average molecular weight is 303 g/mol. The third-order valence-corrected chi connectivity index (χ3v) is 3.57. The van der Waals surface area contributed by atoms with Gasteiger partial charge in [0.2, 0.25) is 0 Å². The number of aromatic nitrogens is 2. The predicted octanol–water partition coefficient (Wildman–Crippen LogP) is 4.41. The number of rotatable bonds is 2. The molecule has 2 aromatic carbocycles. The van der Waals surface area contributed by atoms with Gasteiger partial charge in [-0.2, -0.15) is 0 Å². The first-order valence-electron chi connectivity index (χ1n) is 6.36. The van der Waals surface area contributed by atoms with Gasteiger partial charge in [-0.3, -0.25) is 0 Å². The van der Waals surface area contributed by atoms with Crippen LogP contribution in [0.15, 0.2) is 36.4 Å². The Morgan fingerprint density at radius 2 is 1.90 bits per heavy atom. The second kappa shape index (κ2) is 5.30. The number of halogens is 2. The van der Waals surface area contributed by atoms with Crippen molar-refractivity contribution in [3.8, 4) is 17.1 Å². The van der Waals surface area contributed by atoms with Crippen molar-refractivity contribution in [1.29, 1.82) is 0 Å². The van der Waals surface area contributed by atoms with Gasteiger partial charge in [-0.1, -0.05) is 23.7 Å². The molecule has 0 atom stereocenters. The van der Waals surface area contributed by atoms with Crippen molar-refractivity contribution in [2.75, 3.05) is 7.11 Å². The van der Waals surface area contributed by atoms with Gasteiger partial charge in [-0.25, -0.2) is 14.4 Å². The molecule has 0 aliphatic carbocycles. The van der Waals surface area contributed by atoms with E-state index in [4.69, 9.17) is 16.3 Å². The standard InChI is InChI=1S/C16H12ClFN2O/c1-9-3-4-10(7-13(9)18)16-19-14-6-5-11(21-2)8-12(14)15(17)20-16/h3-8H,1-2H3. The van der Waals surface area contributed by atoms with E-state index in [0.717, 1.165) is 0 Å². The normalized spacial score (nSPS) is 10.9. The maximum atomic E-state index is 13.7. The topological polar surface area (TPSA) is 35.0 Å². The molecular formula is C16H12ClFN2O. The Balaban J connectivity index is 2.18. The zero-order chi connectivity index (χ0) is 15.0. The highest BCUT2D eigenvalue weighted by molar-refractivity contribution is 6.34. The monoisotopic (exact) mass is 302 g/mol. The van der Waals surface area contributed by atoms with Crippen molar-refractivity contribution >= 4 is 22.5 Å².